The van der Waals surface area contributed by atoms with Crippen LogP contribution in [0.4, 0.5) is 0 Å². The van der Waals surface area contributed by atoms with Gasteiger partial charge in [-0.05, 0) is 30.9 Å². The van der Waals surface area contributed by atoms with Crippen LogP contribution in [0.5, 0.6) is 0 Å². The summed E-state index contributed by atoms with van der Waals surface area (Å²) in [5.74, 6) is 0. The van der Waals surface area contributed by atoms with Crippen molar-refractivity contribution in [2.45, 2.75) is 52.7 Å². The second kappa shape index (κ2) is 7.11. The molecule has 7 nitrogen and oxygen atoms in total. The third kappa shape index (κ3) is 2.83. The van der Waals surface area contributed by atoms with Gasteiger partial charge in [-0.3, -0.25) is 13.9 Å². The van der Waals surface area contributed by atoms with Crippen molar-refractivity contribution in [2.24, 2.45) is 0 Å². The Balaban J connectivity index is 2.83. The smallest absolute Gasteiger partial charge is 0.332 e. The molecule has 0 unspecified atom stereocenters. The zero-order valence-corrected chi connectivity index (χ0v) is 13.6. The number of aryl methyl sites for hydroxylation is 2. The van der Waals surface area contributed by atoms with Crippen molar-refractivity contribution in [3.8, 4) is 0 Å². The maximum atomic E-state index is 12.7. The molecule has 2 heterocycles. The Morgan fingerprint density at radius 3 is 2.27 bits per heavy atom. The lowest BCUT2D eigenvalue weighted by atomic mass is 10.4. The first-order chi connectivity index (χ1) is 10.6. The van der Waals surface area contributed by atoms with Crippen molar-refractivity contribution in [1.82, 2.24) is 18.7 Å². The number of hydrogen-bond acceptors (Lipinski definition) is 4. The van der Waals surface area contributed by atoms with E-state index in [0.29, 0.717) is 30.7 Å². The SMILES string of the molecule is CCCn1c(Cl)nc2c1c(=O)n(CCCO)c(=O)n2CCC. The number of aromatic nitrogens is 4. The highest BCUT2D eigenvalue weighted by atomic mass is 35.5. The fraction of sp³-hybridized carbons (Fsp3) is 0.643. The first-order valence-corrected chi connectivity index (χ1v) is 7.94. The average molecular weight is 329 g/mol. The number of aliphatic hydroxyl groups is 1. The monoisotopic (exact) mass is 328 g/mol. The molecule has 0 saturated heterocycles. The molecule has 1 N–H and O–H groups in total. The molecule has 22 heavy (non-hydrogen) atoms. The van der Waals surface area contributed by atoms with Gasteiger partial charge in [0.05, 0.1) is 0 Å². The van der Waals surface area contributed by atoms with Crippen LogP contribution in [0.2, 0.25) is 5.28 Å². The number of aliphatic hydroxyl groups excluding tert-OH is 1. The highest BCUT2D eigenvalue weighted by Crippen LogP contribution is 2.16. The number of fused-ring (bicyclic) bond motifs is 1. The van der Waals surface area contributed by atoms with Crippen LogP contribution in [0.1, 0.15) is 33.1 Å². The van der Waals surface area contributed by atoms with Gasteiger partial charge in [0, 0.05) is 26.2 Å². The summed E-state index contributed by atoms with van der Waals surface area (Å²) in [5.41, 5.74) is -0.0901. The molecule has 0 aromatic carbocycles. The molecular weight excluding hydrogens is 308 g/mol. The zero-order chi connectivity index (χ0) is 16.3. The van der Waals surface area contributed by atoms with E-state index in [1.807, 2.05) is 13.8 Å². The summed E-state index contributed by atoms with van der Waals surface area (Å²) in [7, 11) is 0. The summed E-state index contributed by atoms with van der Waals surface area (Å²) in [6.07, 6.45) is 1.89. The van der Waals surface area contributed by atoms with E-state index in [0.717, 1.165) is 12.8 Å². The molecule has 2 aromatic heterocycles. The largest absolute Gasteiger partial charge is 0.396 e. The standard InChI is InChI=1S/C14H21ClN4O3/c1-3-6-17-10-11(16-13(17)15)18(7-4-2)14(22)19(12(10)21)8-5-9-20/h20H,3-9H2,1-2H3. The minimum atomic E-state index is -0.398. The topological polar surface area (TPSA) is 82.1 Å². The van der Waals surface area contributed by atoms with E-state index in [1.165, 1.54) is 9.13 Å². The Kier molecular flexibility index (Phi) is 5.42. The Hall–Kier alpha value is -1.60. The van der Waals surface area contributed by atoms with E-state index in [9.17, 15) is 9.59 Å². The molecule has 2 rings (SSSR count). The van der Waals surface area contributed by atoms with Crippen molar-refractivity contribution in [1.29, 1.82) is 0 Å². The molecule has 0 fully saturated rings. The molecule has 0 aliphatic carbocycles. The maximum Gasteiger partial charge on any atom is 0.332 e. The number of nitrogens with zero attached hydrogens (tertiary/aromatic N) is 4. The molecule has 0 spiro atoms. The third-order valence-electron chi connectivity index (χ3n) is 3.50. The second-order valence-electron chi connectivity index (χ2n) is 5.17. The van der Waals surface area contributed by atoms with E-state index < -0.39 is 11.2 Å². The maximum absolute atomic E-state index is 12.7. The Morgan fingerprint density at radius 2 is 1.68 bits per heavy atom. The molecule has 0 saturated carbocycles. The summed E-state index contributed by atoms with van der Waals surface area (Å²) in [4.78, 5) is 29.4. The molecule has 122 valence electrons. The number of halogens is 1. The summed E-state index contributed by atoms with van der Waals surface area (Å²) >= 11 is 6.15. The van der Waals surface area contributed by atoms with Crippen LogP contribution in [0.25, 0.3) is 11.2 Å². The lowest BCUT2D eigenvalue weighted by Gasteiger charge is -2.11. The lowest BCUT2D eigenvalue weighted by Crippen LogP contribution is -2.40. The van der Waals surface area contributed by atoms with Gasteiger partial charge in [0.1, 0.15) is 0 Å². The fourth-order valence-corrected chi connectivity index (χ4v) is 2.79. The highest BCUT2D eigenvalue weighted by Gasteiger charge is 2.20. The molecule has 0 aliphatic rings. The van der Waals surface area contributed by atoms with Crippen molar-refractivity contribution >= 4 is 22.8 Å². The number of rotatable bonds is 7. The van der Waals surface area contributed by atoms with Gasteiger partial charge >= 0.3 is 5.69 Å². The van der Waals surface area contributed by atoms with Gasteiger partial charge in [-0.25, -0.2) is 4.79 Å². The van der Waals surface area contributed by atoms with E-state index in [2.05, 4.69) is 4.98 Å². The van der Waals surface area contributed by atoms with Gasteiger partial charge < -0.3 is 9.67 Å². The second-order valence-corrected chi connectivity index (χ2v) is 5.51. The minimum absolute atomic E-state index is 0.0767. The zero-order valence-electron chi connectivity index (χ0n) is 12.9. The van der Waals surface area contributed by atoms with Crippen LogP contribution in [0, 0.1) is 0 Å². The van der Waals surface area contributed by atoms with Crippen molar-refractivity contribution < 1.29 is 5.11 Å². The average Bonchev–Trinajstić information content (AvgIpc) is 2.81. The molecule has 0 aliphatic heterocycles. The number of imidazole rings is 1. The molecule has 0 amide bonds. The summed E-state index contributed by atoms with van der Waals surface area (Å²) in [5, 5.41) is 9.20. The first-order valence-electron chi connectivity index (χ1n) is 7.57. The van der Waals surface area contributed by atoms with Crippen molar-refractivity contribution in [2.75, 3.05) is 6.61 Å². The van der Waals surface area contributed by atoms with E-state index >= 15 is 0 Å². The van der Waals surface area contributed by atoms with Crippen LogP contribution in [0.3, 0.4) is 0 Å². The molecule has 8 heteroatoms. The summed E-state index contributed by atoms with van der Waals surface area (Å²) < 4.78 is 4.31. The minimum Gasteiger partial charge on any atom is -0.396 e. The number of hydrogen-bond donors (Lipinski definition) is 1. The summed E-state index contributed by atoms with van der Waals surface area (Å²) in [6, 6.07) is 0. The Labute approximate surface area is 132 Å². The van der Waals surface area contributed by atoms with Crippen LogP contribution < -0.4 is 11.2 Å². The normalized spacial score (nSPS) is 11.5. The van der Waals surface area contributed by atoms with E-state index in [1.54, 1.807) is 4.57 Å². The van der Waals surface area contributed by atoms with Gasteiger partial charge in [-0.2, -0.15) is 4.98 Å². The lowest BCUT2D eigenvalue weighted by molar-refractivity contribution is 0.277. The van der Waals surface area contributed by atoms with Crippen LogP contribution in [0.15, 0.2) is 9.59 Å². The van der Waals surface area contributed by atoms with E-state index in [4.69, 9.17) is 16.7 Å². The van der Waals surface area contributed by atoms with Crippen LogP contribution in [-0.2, 0) is 19.6 Å². The van der Waals surface area contributed by atoms with Gasteiger partial charge in [-0.15, -0.1) is 0 Å². The first kappa shape index (κ1) is 16.8. The van der Waals surface area contributed by atoms with Gasteiger partial charge in [0.2, 0.25) is 5.28 Å². The Morgan fingerprint density at radius 1 is 1.05 bits per heavy atom. The molecule has 0 radical (unpaired) electrons. The van der Waals surface area contributed by atoms with Crippen molar-refractivity contribution in [3.05, 3.63) is 26.1 Å². The predicted molar refractivity (Wildman–Crippen MR) is 85.5 cm³/mol. The quantitative estimate of drug-likeness (QED) is 0.775. The van der Waals surface area contributed by atoms with Crippen molar-refractivity contribution in [3.63, 3.8) is 0 Å². The van der Waals surface area contributed by atoms with Gasteiger partial charge in [-0.1, -0.05) is 13.8 Å². The Bertz CT molecular complexity index is 775. The van der Waals surface area contributed by atoms with Crippen LogP contribution in [-0.4, -0.2) is 30.4 Å². The van der Waals surface area contributed by atoms with E-state index in [-0.39, 0.29) is 18.4 Å². The van der Waals surface area contributed by atoms with Crippen LogP contribution >= 0.6 is 11.6 Å². The third-order valence-corrected chi connectivity index (χ3v) is 3.79. The fourth-order valence-electron chi connectivity index (χ4n) is 2.54. The molecule has 2 aromatic rings. The molecule has 0 bridgehead atoms. The predicted octanol–water partition coefficient (Wildman–Crippen LogP) is 1.22. The highest BCUT2D eigenvalue weighted by molar-refractivity contribution is 6.29. The molecule has 0 atom stereocenters. The van der Waals surface area contributed by atoms with Gasteiger partial charge in [0.15, 0.2) is 11.2 Å². The summed E-state index contributed by atoms with van der Waals surface area (Å²) in [6.45, 7) is 5.07. The van der Waals surface area contributed by atoms with Gasteiger partial charge in [0.25, 0.3) is 5.56 Å². The molecular formula is C14H21ClN4O3.